The lowest BCUT2D eigenvalue weighted by molar-refractivity contribution is -0.123. The second-order valence-electron chi connectivity index (χ2n) is 8.03. The predicted octanol–water partition coefficient (Wildman–Crippen LogP) is 5.19. The second-order valence-corrected chi connectivity index (χ2v) is 8.46. The highest BCUT2D eigenvalue weighted by Crippen LogP contribution is 2.27. The van der Waals surface area contributed by atoms with E-state index in [4.69, 9.17) is 16.3 Å². The minimum Gasteiger partial charge on any atom is -0.493 e. The Bertz CT molecular complexity index is 1140. The summed E-state index contributed by atoms with van der Waals surface area (Å²) >= 11 is 5.89. The first-order valence-corrected chi connectivity index (χ1v) is 11.3. The molecule has 0 radical (unpaired) electrons. The van der Waals surface area contributed by atoms with Crippen molar-refractivity contribution in [2.24, 2.45) is 11.0 Å². The summed E-state index contributed by atoms with van der Waals surface area (Å²) in [7, 11) is 0. The SMILES string of the molecule is CCOc1ccc(/C=N/NC(=O)C(CC(C)C)NC(=O)c2ccc(Cl)cc2)c2ccccc12. The monoisotopic (exact) mass is 465 g/mol. The Morgan fingerprint density at radius 3 is 2.39 bits per heavy atom. The second kappa shape index (κ2) is 11.5. The van der Waals surface area contributed by atoms with E-state index in [1.165, 1.54) is 0 Å². The number of halogens is 1. The molecule has 7 heteroatoms. The van der Waals surface area contributed by atoms with Crippen molar-refractivity contribution in [2.75, 3.05) is 6.61 Å². The lowest BCUT2D eigenvalue weighted by Gasteiger charge is -2.19. The maximum atomic E-state index is 12.8. The Morgan fingerprint density at radius 2 is 1.73 bits per heavy atom. The van der Waals surface area contributed by atoms with Gasteiger partial charge in [0.25, 0.3) is 11.8 Å². The van der Waals surface area contributed by atoms with E-state index in [0.29, 0.717) is 23.6 Å². The molecule has 0 aliphatic rings. The van der Waals surface area contributed by atoms with Crippen LogP contribution in [0, 0.1) is 5.92 Å². The largest absolute Gasteiger partial charge is 0.493 e. The van der Waals surface area contributed by atoms with Crippen molar-refractivity contribution in [3.05, 3.63) is 76.8 Å². The number of carbonyl (C=O) groups excluding carboxylic acids is 2. The zero-order chi connectivity index (χ0) is 23.8. The standard InChI is InChI=1S/C26H28ClN3O3/c1-4-33-24-14-11-19(21-7-5-6-8-22(21)24)16-28-30-26(32)23(15-17(2)3)29-25(31)18-9-12-20(27)13-10-18/h5-14,16-17,23H,4,15H2,1-3H3,(H,29,31)(H,30,32)/b28-16+. The van der Waals surface area contributed by atoms with Crippen LogP contribution in [-0.2, 0) is 4.79 Å². The molecule has 1 unspecified atom stereocenters. The van der Waals surface area contributed by atoms with E-state index in [0.717, 1.165) is 22.1 Å². The van der Waals surface area contributed by atoms with Crippen LogP contribution in [0.25, 0.3) is 10.8 Å². The van der Waals surface area contributed by atoms with Gasteiger partial charge in [-0.05, 0) is 61.0 Å². The molecule has 0 saturated carbocycles. The van der Waals surface area contributed by atoms with E-state index in [-0.39, 0.29) is 17.7 Å². The van der Waals surface area contributed by atoms with Gasteiger partial charge in [0, 0.05) is 21.5 Å². The summed E-state index contributed by atoms with van der Waals surface area (Å²) in [6.45, 7) is 6.50. The molecule has 0 heterocycles. The zero-order valence-corrected chi connectivity index (χ0v) is 19.7. The van der Waals surface area contributed by atoms with Crippen LogP contribution in [0.3, 0.4) is 0 Å². The minimum atomic E-state index is -0.720. The number of hydrazone groups is 1. The third-order valence-electron chi connectivity index (χ3n) is 5.03. The third-order valence-corrected chi connectivity index (χ3v) is 5.28. The summed E-state index contributed by atoms with van der Waals surface area (Å²) < 4.78 is 5.70. The average Bonchev–Trinajstić information content (AvgIpc) is 2.80. The number of nitrogens with one attached hydrogen (secondary N) is 2. The average molecular weight is 466 g/mol. The molecule has 0 saturated heterocycles. The molecule has 0 aromatic heterocycles. The first-order valence-electron chi connectivity index (χ1n) is 10.9. The molecule has 6 nitrogen and oxygen atoms in total. The molecule has 0 aliphatic carbocycles. The van der Waals surface area contributed by atoms with Crippen molar-refractivity contribution >= 4 is 40.4 Å². The summed E-state index contributed by atoms with van der Waals surface area (Å²) in [6.07, 6.45) is 2.08. The number of amides is 2. The van der Waals surface area contributed by atoms with Crippen LogP contribution in [0.1, 0.15) is 43.1 Å². The molecule has 2 amide bonds. The minimum absolute atomic E-state index is 0.199. The molecule has 0 fully saturated rings. The summed E-state index contributed by atoms with van der Waals surface area (Å²) in [5.74, 6) is 0.285. The number of rotatable bonds is 9. The number of carbonyl (C=O) groups is 2. The Balaban J connectivity index is 1.73. The van der Waals surface area contributed by atoms with Gasteiger partial charge in [0.1, 0.15) is 11.8 Å². The summed E-state index contributed by atoms with van der Waals surface area (Å²) in [6, 6.07) is 17.5. The molecular weight excluding hydrogens is 438 g/mol. The molecule has 3 aromatic rings. The molecule has 2 N–H and O–H groups in total. The van der Waals surface area contributed by atoms with Crippen LogP contribution < -0.4 is 15.5 Å². The number of nitrogens with zero attached hydrogens (tertiary/aromatic N) is 1. The highest BCUT2D eigenvalue weighted by molar-refractivity contribution is 6.30. The Kier molecular flexibility index (Phi) is 8.44. The molecule has 3 aromatic carbocycles. The van der Waals surface area contributed by atoms with Crippen molar-refractivity contribution in [3.63, 3.8) is 0 Å². The van der Waals surface area contributed by atoms with E-state index in [9.17, 15) is 9.59 Å². The highest BCUT2D eigenvalue weighted by Gasteiger charge is 2.22. The fourth-order valence-corrected chi connectivity index (χ4v) is 3.60. The smallest absolute Gasteiger partial charge is 0.262 e. The van der Waals surface area contributed by atoms with Gasteiger partial charge >= 0.3 is 0 Å². The maximum Gasteiger partial charge on any atom is 0.262 e. The van der Waals surface area contributed by atoms with Gasteiger partial charge in [-0.25, -0.2) is 5.43 Å². The van der Waals surface area contributed by atoms with Gasteiger partial charge in [-0.1, -0.05) is 49.7 Å². The van der Waals surface area contributed by atoms with Crippen molar-refractivity contribution in [1.82, 2.24) is 10.7 Å². The molecular formula is C26H28ClN3O3. The highest BCUT2D eigenvalue weighted by atomic mass is 35.5. The van der Waals surface area contributed by atoms with E-state index >= 15 is 0 Å². The van der Waals surface area contributed by atoms with E-state index in [2.05, 4.69) is 15.8 Å². The van der Waals surface area contributed by atoms with Gasteiger partial charge in [0.05, 0.1) is 12.8 Å². The van der Waals surface area contributed by atoms with E-state index < -0.39 is 6.04 Å². The van der Waals surface area contributed by atoms with Gasteiger partial charge in [-0.3, -0.25) is 9.59 Å². The van der Waals surface area contributed by atoms with Crippen LogP contribution in [-0.4, -0.2) is 30.7 Å². The van der Waals surface area contributed by atoms with Crippen molar-refractivity contribution < 1.29 is 14.3 Å². The lowest BCUT2D eigenvalue weighted by Crippen LogP contribution is -2.46. The first kappa shape index (κ1) is 24.3. The van der Waals surface area contributed by atoms with Crippen LogP contribution in [0.15, 0.2) is 65.8 Å². The van der Waals surface area contributed by atoms with Crippen molar-refractivity contribution in [3.8, 4) is 5.75 Å². The fourth-order valence-electron chi connectivity index (χ4n) is 3.48. The summed E-state index contributed by atoms with van der Waals surface area (Å²) in [5, 5.41) is 9.44. The molecule has 1 atom stereocenters. The van der Waals surface area contributed by atoms with E-state index in [1.807, 2.05) is 57.2 Å². The molecule has 0 aliphatic heterocycles. The van der Waals surface area contributed by atoms with Crippen molar-refractivity contribution in [2.45, 2.75) is 33.2 Å². The van der Waals surface area contributed by atoms with Gasteiger partial charge in [0.2, 0.25) is 0 Å². The number of hydrogen-bond acceptors (Lipinski definition) is 4. The molecule has 3 rings (SSSR count). The zero-order valence-electron chi connectivity index (χ0n) is 19.0. The Hall–Kier alpha value is -3.38. The molecule has 33 heavy (non-hydrogen) atoms. The third kappa shape index (κ3) is 6.56. The van der Waals surface area contributed by atoms with Crippen molar-refractivity contribution in [1.29, 1.82) is 0 Å². The van der Waals surface area contributed by atoms with Crippen LogP contribution in [0.5, 0.6) is 5.75 Å². The molecule has 0 bridgehead atoms. The summed E-state index contributed by atoms with van der Waals surface area (Å²) in [4.78, 5) is 25.4. The van der Waals surface area contributed by atoms with Gasteiger partial charge in [0.15, 0.2) is 0 Å². The quantitative estimate of drug-likeness (QED) is 0.337. The van der Waals surface area contributed by atoms with Gasteiger partial charge < -0.3 is 10.1 Å². The summed E-state index contributed by atoms with van der Waals surface area (Å²) in [5.41, 5.74) is 3.85. The Morgan fingerprint density at radius 1 is 1.03 bits per heavy atom. The van der Waals surface area contributed by atoms with Crippen LogP contribution >= 0.6 is 11.6 Å². The van der Waals surface area contributed by atoms with Crippen LogP contribution in [0.2, 0.25) is 5.02 Å². The van der Waals surface area contributed by atoms with Gasteiger partial charge in [-0.2, -0.15) is 5.10 Å². The van der Waals surface area contributed by atoms with E-state index in [1.54, 1.807) is 30.5 Å². The number of fused-ring (bicyclic) bond motifs is 1. The maximum absolute atomic E-state index is 12.8. The lowest BCUT2D eigenvalue weighted by atomic mass is 10.0. The fraction of sp³-hybridized carbons (Fsp3) is 0.269. The Labute approximate surface area is 199 Å². The normalized spacial score (nSPS) is 12.2. The number of hydrogen-bond donors (Lipinski definition) is 2. The predicted molar refractivity (Wildman–Crippen MR) is 133 cm³/mol. The molecule has 172 valence electrons. The topological polar surface area (TPSA) is 79.8 Å². The number of benzene rings is 3. The molecule has 0 spiro atoms. The first-order chi connectivity index (χ1) is 15.9. The van der Waals surface area contributed by atoms with Crippen LogP contribution in [0.4, 0.5) is 0 Å². The number of ether oxygens (including phenoxy) is 1. The van der Waals surface area contributed by atoms with Gasteiger partial charge in [-0.15, -0.1) is 0 Å².